The van der Waals surface area contributed by atoms with Crippen molar-refractivity contribution in [2.75, 3.05) is 5.32 Å². The first-order valence-electron chi connectivity index (χ1n) is 4.36. The van der Waals surface area contributed by atoms with Gasteiger partial charge < -0.3 is 5.32 Å². The second kappa shape index (κ2) is 4.87. The molecule has 0 spiro atoms. The Morgan fingerprint density at radius 3 is 2.31 bits per heavy atom. The number of nitrogens with zero attached hydrogens (tertiary/aromatic N) is 2. The van der Waals surface area contributed by atoms with Crippen LogP contribution in [0, 0.1) is 0 Å². The van der Waals surface area contributed by atoms with Crippen LogP contribution in [0.5, 0.6) is 0 Å². The maximum atomic E-state index is 6.00. The van der Waals surface area contributed by atoms with Crippen LogP contribution < -0.4 is 5.32 Å². The van der Waals surface area contributed by atoms with Gasteiger partial charge in [-0.05, 0) is 29.8 Å². The molecule has 1 N–H and O–H groups in total. The van der Waals surface area contributed by atoms with Crippen molar-refractivity contribution in [1.82, 2.24) is 9.97 Å². The lowest BCUT2D eigenvalue weighted by atomic mass is 10.3. The molecule has 0 aliphatic heterocycles. The molecule has 1 heterocycles. The molecule has 3 nitrogen and oxygen atoms in total. The number of hydrogen-bond donors (Lipinski definition) is 1. The molecule has 2 rings (SSSR count). The third kappa shape index (κ3) is 2.55. The zero-order valence-corrected chi connectivity index (χ0v) is 10.2. The Labute approximate surface area is 107 Å². The van der Waals surface area contributed by atoms with Gasteiger partial charge in [-0.1, -0.05) is 29.3 Å². The molecule has 6 heteroatoms. The van der Waals surface area contributed by atoms with Gasteiger partial charge in [-0.2, -0.15) is 0 Å². The Balaban J connectivity index is 2.34. The minimum Gasteiger partial charge on any atom is -0.338 e. The average Bonchev–Trinajstić information content (AvgIpc) is 2.24. The van der Waals surface area contributed by atoms with Crippen molar-refractivity contribution in [1.29, 1.82) is 0 Å². The molecule has 0 saturated carbocycles. The lowest BCUT2D eigenvalue weighted by Gasteiger charge is -2.08. The van der Waals surface area contributed by atoms with E-state index >= 15 is 0 Å². The molecule has 0 atom stereocenters. The monoisotopic (exact) mass is 273 g/mol. The van der Waals surface area contributed by atoms with Crippen molar-refractivity contribution in [3.8, 4) is 0 Å². The van der Waals surface area contributed by atoms with Crippen LogP contribution in [0.25, 0.3) is 0 Å². The number of rotatable bonds is 2. The maximum absolute atomic E-state index is 6.00. The first-order valence-corrected chi connectivity index (χ1v) is 5.50. The van der Waals surface area contributed by atoms with E-state index < -0.39 is 0 Å². The van der Waals surface area contributed by atoms with Crippen molar-refractivity contribution in [2.45, 2.75) is 0 Å². The van der Waals surface area contributed by atoms with E-state index in [2.05, 4.69) is 15.3 Å². The summed E-state index contributed by atoms with van der Waals surface area (Å²) in [7, 11) is 0. The fourth-order valence-electron chi connectivity index (χ4n) is 1.15. The van der Waals surface area contributed by atoms with Crippen LogP contribution in [-0.4, -0.2) is 9.97 Å². The molecule has 0 aliphatic rings. The number of anilines is 2. The van der Waals surface area contributed by atoms with Crippen LogP contribution in [-0.2, 0) is 0 Å². The van der Waals surface area contributed by atoms with Gasteiger partial charge in [-0.3, -0.25) is 0 Å². The molecule has 0 fully saturated rings. The van der Waals surface area contributed by atoms with Crippen LogP contribution in [0.1, 0.15) is 0 Å². The summed E-state index contributed by atoms with van der Waals surface area (Å²) in [6.45, 7) is 0. The van der Waals surface area contributed by atoms with Crippen LogP contribution in [0.3, 0.4) is 0 Å². The largest absolute Gasteiger partial charge is 0.338 e. The Morgan fingerprint density at radius 2 is 1.69 bits per heavy atom. The highest BCUT2D eigenvalue weighted by molar-refractivity contribution is 6.39. The van der Waals surface area contributed by atoms with E-state index in [-0.39, 0.29) is 5.28 Å². The summed E-state index contributed by atoms with van der Waals surface area (Å²) in [6.07, 6.45) is 1.54. The third-order valence-corrected chi connectivity index (χ3v) is 2.65. The summed E-state index contributed by atoms with van der Waals surface area (Å²) >= 11 is 17.7. The summed E-state index contributed by atoms with van der Waals surface area (Å²) in [4.78, 5) is 7.75. The Bertz CT molecular complexity index is 496. The van der Waals surface area contributed by atoms with E-state index in [0.29, 0.717) is 21.6 Å². The van der Waals surface area contributed by atoms with Gasteiger partial charge in [0.2, 0.25) is 5.28 Å². The van der Waals surface area contributed by atoms with Gasteiger partial charge in [0, 0.05) is 6.20 Å². The summed E-state index contributed by atoms with van der Waals surface area (Å²) in [5.74, 6) is 0.537. The molecule has 0 bridgehead atoms. The predicted octanol–water partition coefficient (Wildman–Crippen LogP) is 4.18. The van der Waals surface area contributed by atoms with Gasteiger partial charge in [-0.25, -0.2) is 9.97 Å². The van der Waals surface area contributed by atoms with Crippen molar-refractivity contribution in [3.05, 3.63) is 45.8 Å². The SMILES string of the molecule is Clc1nccc(Nc2c(Cl)cccc2Cl)n1. The molecule has 2 aromatic rings. The zero-order chi connectivity index (χ0) is 11.5. The third-order valence-electron chi connectivity index (χ3n) is 1.84. The van der Waals surface area contributed by atoms with Crippen molar-refractivity contribution >= 4 is 46.3 Å². The quantitative estimate of drug-likeness (QED) is 0.835. The van der Waals surface area contributed by atoms with Crippen LogP contribution in [0.4, 0.5) is 11.5 Å². The van der Waals surface area contributed by atoms with Gasteiger partial charge in [0.1, 0.15) is 5.82 Å². The highest BCUT2D eigenvalue weighted by Gasteiger charge is 2.06. The molecule has 1 aromatic heterocycles. The molecule has 0 aliphatic carbocycles. The lowest BCUT2D eigenvalue weighted by Crippen LogP contribution is -1.95. The van der Waals surface area contributed by atoms with Crippen LogP contribution >= 0.6 is 34.8 Å². The molecule has 0 amide bonds. The van der Waals surface area contributed by atoms with Gasteiger partial charge in [0.25, 0.3) is 0 Å². The summed E-state index contributed by atoms with van der Waals surface area (Å²) in [5, 5.41) is 4.17. The maximum Gasteiger partial charge on any atom is 0.224 e. The smallest absolute Gasteiger partial charge is 0.224 e. The lowest BCUT2D eigenvalue weighted by molar-refractivity contribution is 1.17. The minimum atomic E-state index is 0.160. The Morgan fingerprint density at radius 1 is 1.00 bits per heavy atom. The van der Waals surface area contributed by atoms with Gasteiger partial charge in [0.15, 0.2) is 0 Å². The van der Waals surface area contributed by atoms with Crippen LogP contribution in [0.15, 0.2) is 30.5 Å². The number of aromatic nitrogens is 2. The van der Waals surface area contributed by atoms with E-state index in [0.717, 1.165) is 0 Å². The molecule has 0 radical (unpaired) electrons. The molecule has 16 heavy (non-hydrogen) atoms. The summed E-state index contributed by atoms with van der Waals surface area (Å²) in [5.41, 5.74) is 0.598. The van der Waals surface area contributed by atoms with E-state index in [1.165, 1.54) is 0 Å². The number of para-hydroxylation sites is 1. The topological polar surface area (TPSA) is 37.8 Å². The molecular formula is C10H6Cl3N3. The number of halogens is 3. The predicted molar refractivity (Wildman–Crippen MR) is 66.8 cm³/mol. The normalized spacial score (nSPS) is 10.2. The Kier molecular flexibility index (Phi) is 3.49. The molecule has 0 saturated heterocycles. The van der Waals surface area contributed by atoms with E-state index in [9.17, 15) is 0 Å². The molecular weight excluding hydrogens is 268 g/mol. The zero-order valence-electron chi connectivity index (χ0n) is 7.92. The van der Waals surface area contributed by atoms with Gasteiger partial charge >= 0.3 is 0 Å². The first-order chi connectivity index (χ1) is 7.66. The Hall–Kier alpha value is -1.03. The number of nitrogens with one attached hydrogen (secondary N) is 1. The van der Waals surface area contributed by atoms with Crippen molar-refractivity contribution < 1.29 is 0 Å². The van der Waals surface area contributed by atoms with Crippen LogP contribution in [0.2, 0.25) is 15.3 Å². The highest BCUT2D eigenvalue weighted by Crippen LogP contribution is 2.31. The standard InChI is InChI=1S/C10H6Cl3N3/c11-6-2-1-3-7(12)9(6)15-8-4-5-14-10(13)16-8/h1-5H,(H,14,15,16). The van der Waals surface area contributed by atoms with E-state index in [4.69, 9.17) is 34.8 Å². The fourth-order valence-corrected chi connectivity index (χ4v) is 1.79. The summed E-state index contributed by atoms with van der Waals surface area (Å²) in [6, 6.07) is 6.91. The van der Waals surface area contributed by atoms with E-state index in [1.807, 2.05) is 0 Å². The second-order valence-electron chi connectivity index (χ2n) is 2.93. The van der Waals surface area contributed by atoms with Crippen molar-refractivity contribution in [3.63, 3.8) is 0 Å². The van der Waals surface area contributed by atoms with Crippen molar-refractivity contribution in [2.24, 2.45) is 0 Å². The minimum absolute atomic E-state index is 0.160. The van der Waals surface area contributed by atoms with Gasteiger partial charge in [-0.15, -0.1) is 0 Å². The molecule has 1 aromatic carbocycles. The molecule has 0 unspecified atom stereocenters. The number of benzene rings is 1. The second-order valence-corrected chi connectivity index (χ2v) is 4.09. The highest BCUT2D eigenvalue weighted by atomic mass is 35.5. The van der Waals surface area contributed by atoms with E-state index in [1.54, 1.807) is 30.5 Å². The number of hydrogen-bond acceptors (Lipinski definition) is 3. The summed E-state index contributed by atoms with van der Waals surface area (Å²) < 4.78 is 0. The van der Waals surface area contributed by atoms with Gasteiger partial charge in [0.05, 0.1) is 15.7 Å². The average molecular weight is 275 g/mol. The fraction of sp³-hybridized carbons (Fsp3) is 0. The first kappa shape index (κ1) is 11.5. The molecule has 82 valence electrons.